The zero-order valence-electron chi connectivity index (χ0n) is 7.23. The predicted octanol–water partition coefficient (Wildman–Crippen LogP) is 1.06. The van der Waals surface area contributed by atoms with Crippen LogP contribution in [0.1, 0.15) is 0 Å². The monoisotopic (exact) mass is 175 g/mol. The van der Waals surface area contributed by atoms with Gasteiger partial charge in [-0.15, -0.1) is 4.73 Å². The summed E-state index contributed by atoms with van der Waals surface area (Å²) in [6.45, 7) is 0. The molecule has 0 N–H and O–H groups in total. The second-order valence-electron chi connectivity index (χ2n) is 2.71. The fraction of sp³-hybridized carbons (Fsp3) is 0.100. The van der Waals surface area contributed by atoms with Gasteiger partial charge in [-0.1, -0.05) is 18.2 Å². The molecule has 13 heavy (non-hydrogen) atoms. The highest BCUT2D eigenvalue weighted by Crippen LogP contribution is 2.09. The molecule has 66 valence electrons. The minimum Gasteiger partial charge on any atom is -0.413 e. The maximum Gasteiger partial charge on any atom is 0.283 e. The van der Waals surface area contributed by atoms with Crippen molar-refractivity contribution in [1.82, 2.24) is 4.73 Å². The van der Waals surface area contributed by atoms with E-state index in [1.165, 1.54) is 17.9 Å². The zero-order chi connectivity index (χ0) is 9.26. The maximum atomic E-state index is 11.3. The molecule has 1 aromatic heterocycles. The van der Waals surface area contributed by atoms with Gasteiger partial charge in [-0.3, -0.25) is 4.79 Å². The summed E-state index contributed by atoms with van der Waals surface area (Å²) in [5.74, 6) is 0. The number of rotatable bonds is 1. The van der Waals surface area contributed by atoms with Crippen LogP contribution in [0.5, 0.6) is 0 Å². The Morgan fingerprint density at radius 3 is 2.69 bits per heavy atom. The molecule has 1 heterocycles. The van der Waals surface area contributed by atoms with Gasteiger partial charge in [-0.2, -0.15) is 0 Å². The van der Waals surface area contributed by atoms with Gasteiger partial charge in [0.2, 0.25) is 0 Å². The Kier molecular flexibility index (Phi) is 1.77. The SMILES string of the molecule is COn1c(=O)ccc2ccccc21. The van der Waals surface area contributed by atoms with Crippen LogP contribution in [-0.2, 0) is 0 Å². The fourth-order valence-corrected chi connectivity index (χ4v) is 1.35. The Labute approximate surface area is 75.1 Å². The first-order chi connectivity index (χ1) is 6.33. The molecule has 0 aliphatic rings. The summed E-state index contributed by atoms with van der Waals surface area (Å²) < 4.78 is 1.27. The fourth-order valence-electron chi connectivity index (χ4n) is 1.35. The predicted molar refractivity (Wildman–Crippen MR) is 50.7 cm³/mol. The van der Waals surface area contributed by atoms with Gasteiger partial charge in [0.15, 0.2) is 0 Å². The van der Waals surface area contributed by atoms with Gasteiger partial charge in [0.1, 0.15) is 7.11 Å². The first kappa shape index (κ1) is 7.86. The van der Waals surface area contributed by atoms with Gasteiger partial charge in [0.25, 0.3) is 5.56 Å². The summed E-state index contributed by atoms with van der Waals surface area (Å²) in [5.41, 5.74) is 0.638. The highest BCUT2D eigenvalue weighted by Gasteiger charge is 1.99. The molecule has 0 radical (unpaired) electrons. The van der Waals surface area contributed by atoms with Crippen molar-refractivity contribution in [3.05, 3.63) is 46.8 Å². The maximum absolute atomic E-state index is 11.3. The molecule has 0 bridgehead atoms. The summed E-state index contributed by atoms with van der Waals surface area (Å²) in [7, 11) is 1.48. The minimum atomic E-state index is -0.152. The smallest absolute Gasteiger partial charge is 0.283 e. The molecule has 0 atom stereocenters. The van der Waals surface area contributed by atoms with E-state index in [0.717, 1.165) is 10.9 Å². The van der Waals surface area contributed by atoms with Crippen LogP contribution in [-0.4, -0.2) is 11.8 Å². The van der Waals surface area contributed by atoms with E-state index < -0.39 is 0 Å². The van der Waals surface area contributed by atoms with Gasteiger partial charge < -0.3 is 4.84 Å². The van der Waals surface area contributed by atoms with E-state index in [4.69, 9.17) is 4.84 Å². The molecular weight excluding hydrogens is 166 g/mol. The van der Waals surface area contributed by atoms with Gasteiger partial charge >= 0.3 is 0 Å². The molecule has 0 aliphatic carbocycles. The number of fused-ring (bicyclic) bond motifs is 1. The minimum absolute atomic E-state index is 0.152. The Bertz CT molecular complexity index is 487. The Morgan fingerprint density at radius 1 is 1.15 bits per heavy atom. The van der Waals surface area contributed by atoms with E-state index in [2.05, 4.69) is 0 Å². The van der Waals surface area contributed by atoms with Gasteiger partial charge in [-0.05, 0) is 12.1 Å². The average Bonchev–Trinajstić information content (AvgIpc) is 2.18. The van der Waals surface area contributed by atoms with E-state index >= 15 is 0 Å². The number of benzene rings is 1. The topological polar surface area (TPSA) is 31.2 Å². The summed E-state index contributed by atoms with van der Waals surface area (Å²) in [5, 5.41) is 0.990. The van der Waals surface area contributed by atoms with E-state index in [1.54, 1.807) is 6.07 Å². The second-order valence-corrected chi connectivity index (χ2v) is 2.71. The van der Waals surface area contributed by atoms with Crippen molar-refractivity contribution in [3.63, 3.8) is 0 Å². The molecule has 2 rings (SSSR count). The normalized spacial score (nSPS) is 10.2. The first-order valence-corrected chi connectivity index (χ1v) is 3.98. The molecule has 0 aliphatic heterocycles. The van der Waals surface area contributed by atoms with Crippen LogP contribution in [0.4, 0.5) is 0 Å². The Balaban J connectivity index is 2.92. The lowest BCUT2D eigenvalue weighted by Gasteiger charge is -2.06. The number of nitrogens with zero attached hydrogens (tertiary/aromatic N) is 1. The largest absolute Gasteiger partial charge is 0.413 e. The van der Waals surface area contributed by atoms with Crippen molar-refractivity contribution in [1.29, 1.82) is 0 Å². The highest BCUT2D eigenvalue weighted by molar-refractivity contribution is 5.78. The molecule has 0 saturated heterocycles. The van der Waals surface area contributed by atoms with E-state index in [9.17, 15) is 4.79 Å². The zero-order valence-corrected chi connectivity index (χ0v) is 7.23. The van der Waals surface area contributed by atoms with Crippen molar-refractivity contribution >= 4 is 10.9 Å². The van der Waals surface area contributed by atoms with Crippen molar-refractivity contribution in [2.75, 3.05) is 7.11 Å². The van der Waals surface area contributed by atoms with Crippen LogP contribution in [0.3, 0.4) is 0 Å². The van der Waals surface area contributed by atoms with Crippen molar-refractivity contribution in [2.45, 2.75) is 0 Å². The summed E-state index contributed by atoms with van der Waals surface area (Å²) >= 11 is 0. The number of aromatic nitrogens is 1. The third-order valence-corrected chi connectivity index (χ3v) is 1.94. The number of pyridine rings is 1. The van der Waals surface area contributed by atoms with Crippen LogP contribution < -0.4 is 10.4 Å². The van der Waals surface area contributed by atoms with Gasteiger partial charge in [0, 0.05) is 11.5 Å². The third-order valence-electron chi connectivity index (χ3n) is 1.94. The van der Waals surface area contributed by atoms with Crippen molar-refractivity contribution in [3.8, 4) is 0 Å². The van der Waals surface area contributed by atoms with Crippen molar-refractivity contribution in [2.24, 2.45) is 0 Å². The van der Waals surface area contributed by atoms with Crippen LogP contribution in [0, 0.1) is 0 Å². The van der Waals surface area contributed by atoms with E-state index in [-0.39, 0.29) is 5.56 Å². The Hall–Kier alpha value is -1.77. The van der Waals surface area contributed by atoms with E-state index in [1.807, 2.05) is 24.3 Å². The van der Waals surface area contributed by atoms with Crippen molar-refractivity contribution < 1.29 is 4.84 Å². The number of hydrogen-bond donors (Lipinski definition) is 0. The molecule has 3 nitrogen and oxygen atoms in total. The highest BCUT2D eigenvalue weighted by atomic mass is 16.6. The molecule has 2 aromatic rings. The number of para-hydroxylation sites is 1. The molecule has 0 unspecified atom stereocenters. The first-order valence-electron chi connectivity index (χ1n) is 3.98. The summed E-state index contributed by atoms with van der Waals surface area (Å²) in [6.07, 6.45) is 0. The standard InChI is InChI=1S/C10H9NO2/c1-13-11-9-5-3-2-4-8(9)6-7-10(11)12/h2-7H,1H3. The van der Waals surface area contributed by atoms with Crippen LogP contribution in [0.2, 0.25) is 0 Å². The van der Waals surface area contributed by atoms with Gasteiger partial charge in [0.05, 0.1) is 5.52 Å². The molecular formula is C10H9NO2. The molecule has 0 fully saturated rings. The van der Waals surface area contributed by atoms with E-state index in [0.29, 0.717) is 0 Å². The molecule has 0 spiro atoms. The molecule has 0 saturated carbocycles. The molecule has 3 heteroatoms. The average molecular weight is 175 g/mol. The quantitative estimate of drug-likeness (QED) is 0.649. The summed E-state index contributed by atoms with van der Waals surface area (Å²) in [4.78, 5) is 16.3. The Morgan fingerprint density at radius 2 is 1.92 bits per heavy atom. The molecule has 1 aromatic carbocycles. The lowest BCUT2D eigenvalue weighted by Crippen LogP contribution is -2.23. The number of hydrogen-bond acceptors (Lipinski definition) is 2. The van der Waals surface area contributed by atoms with Crippen LogP contribution in [0.15, 0.2) is 41.2 Å². The van der Waals surface area contributed by atoms with Crippen LogP contribution >= 0.6 is 0 Å². The molecule has 0 amide bonds. The lowest BCUT2D eigenvalue weighted by molar-refractivity contribution is 0.169. The van der Waals surface area contributed by atoms with Gasteiger partial charge in [-0.25, -0.2) is 0 Å². The summed E-state index contributed by atoms with van der Waals surface area (Å²) in [6, 6.07) is 10.9. The van der Waals surface area contributed by atoms with Crippen LogP contribution in [0.25, 0.3) is 10.9 Å². The lowest BCUT2D eigenvalue weighted by atomic mass is 10.2. The third kappa shape index (κ3) is 1.18. The second kappa shape index (κ2) is 2.94.